The molecule has 0 radical (unpaired) electrons. The zero-order valence-corrected chi connectivity index (χ0v) is 16.2. The van der Waals surface area contributed by atoms with E-state index in [1.54, 1.807) is 16.0 Å². The fraction of sp³-hybridized carbons (Fsp3) is 0.421. The summed E-state index contributed by atoms with van der Waals surface area (Å²) in [7, 11) is 0. The van der Waals surface area contributed by atoms with Gasteiger partial charge in [0.15, 0.2) is 0 Å². The van der Waals surface area contributed by atoms with Gasteiger partial charge < -0.3 is 9.42 Å². The molecule has 1 aliphatic rings. The molecule has 0 atom stereocenters. The Kier molecular flexibility index (Phi) is 5.35. The first-order chi connectivity index (χ1) is 13.2. The van der Waals surface area contributed by atoms with Crippen molar-refractivity contribution in [2.24, 2.45) is 0 Å². The SMILES string of the molecule is Cc1cc(CN2CCCN(C(=O)Cn3ccc(-c4cccs4)n3)CC2)no1. The quantitative estimate of drug-likeness (QED) is 0.675. The number of carbonyl (C=O) groups excluding carboxylic acids is 1. The van der Waals surface area contributed by atoms with Crippen molar-refractivity contribution in [3.63, 3.8) is 0 Å². The molecular weight excluding hydrogens is 362 g/mol. The largest absolute Gasteiger partial charge is 0.361 e. The Morgan fingerprint density at radius 3 is 2.96 bits per heavy atom. The molecule has 4 heterocycles. The van der Waals surface area contributed by atoms with Gasteiger partial charge >= 0.3 is 0 Å². The van der Waals surface area contributed by atoms with E-state index in [9.17, 15) is 4.79 Å². The Labute approximate surface area is 162 Å². The summed E-state index contributed by atoms with van der Waals surface area (Å²) in [4.78, 5) is 18.1. The summed E-state index contributed by atoms with van der Waals surface area (Å²) >= 11 is 1.65. The number of thiophene rings is 1. The topological polar surface area (TPSA) is 67.4 Å². The van der Waals surface area contributed by atoms with E-state index in [0.29, 0.717) is 0 Å². The first kappa shape index (κ1) is 17.9. The second-order valence-corrected chi connectivity index (χ2v) is 7.76. The lowest BCUT2D eigenvalue weighted by atomic mass is 10.3. The van der Waals surface area contributed by atoms with E-state index < -0.39 is 0 Å². The number of aromatic nitrogens is 3. The lowest BCUT2D eigenvalue weighted by Crippen LogP contribution is -2.37. The van der Waals surface area contributed by atoms with Crippen molar-refractivity contribution >= 4 is 17.2 Å². The smallest absolute Gasteiger partial charge is 0.244 e. The summed E-state index contributed by atoms with van der Waals surface area (Å²) < 4.78 is 6.88. The van der Waals surface area contributed by atoms with Crippen LogP contribution >= 0.6 is 11.3 Å². The monoisotopic (exact) mass is 385 g/mol. The molecule has 7 nitrogen and oxygen atoms in total. The number of rotatable bonds is 5. The Bertz CT molecular complexity index is 886. The molecule has 142 valence electrons. The highest BCUT2D eigenvalue weighted by atomic mass is 32.1. The second kappa shape index (κ2) is 8.06. The van der Waals surface area contributed by atoms with Crippen molar-refractivity contribution in [1.82, 2.24) is 24.7 Å². The van der Waals surface area contributed by atoms with Crippen LogP contribution in [-0.4, -0.2) is 56.8 Å². The second-order valence-electron chi connectivity index (χ2n) is 6.82. The van der Waals surface area contributed by atoms with E-state index in [-0.39, 0.29) is 12.5 Å². The van der Waals surface area contributed by atoms with E-state index in [1.807, 2.05) is 47.7 Å². The van der Waals surface area contributed by atoms with Gasteiger partial charge in [0.05, 0.1) is 10.6 Å². The lowest BCUT2D eigenvalue weighted by Gasteiger charge is -2.21. The Morgan fingerprint density at radius 1 is 1.26 bits per heavy atom. The summed E-state index contributed by atoms with van der Waals surface area (Å²) in [6, 6.07) is 7.98. The van der Waals surface area contributed by atoms with Gasteiger partial charge in [0, 0.05) is 45.0 Å². The van der Waals surface area contributed by atoms with Crippen LogP contribution in [0.25, 0.3) is 10.6 Å². The van der Waals surface area contributed by atoms with Gasteiger partial charge in [-0.2, -0.15) is 5.10 Å². The van der Waals surface area contributed by atoms with Crippen molar-refractivity contribution in [1.29, 1.82) is 0 Å². The minimum Gasteiger partial charge on any atom is -0.361 e. The van der Waals surface area contributed by atoms with Crippen molar-refractivity contribution < 1.29 is 9.32 Å². The highest BCUT2D eigenvalue weighted by molar-refractivity contribution is 7.13. The van der Waals surface area contributed by atoms with Crippen LogP contribution in [0, 0.1) is 6.92 Å². The number of hydrogen-bond acceptors (Lipinski definition) is 6. The van der Waals surface area contributed by atoms with Crippen molar-refractivity contribution in [3.8, 4) is 10.6 Å². The number of carbonyl (C=O) groups is 1. The maximum Gasteiger partial charge on any atom is 0.244 e. The van der Waals surface area contributed by atoms with Crippen LogP contribution in [0.1, 0.15) is 17.9 Å². The number of nitrogens with zero attached hydrogens (tertiary/aromatic N) is 5. The third kappa shape index (κ3) is 4.45. The van der Waals surface area contributed by atoms with Crippen molar-refractivity contribution in [3.05, 3.63) is 47.3 Å². The minimum absolute atomic E-state index is 0.120. The van der Waals surface area contributed by atoms with E-state index in [4.69, 9.17) is 4.52 Å². The van der Waals surface area contributed by atoms with Gasteiger partial charge in [0.2, 0.25) is 5.91 Å². The fourth-order valence-electron chi connectivity index (χ4n) is 3.34. The minimum atomic E-state index is 0.120. The molecule has 0 N–H and O–H groups in total. The van der Waals surface area contributed by atoms with E-state index >= 15 is 0 Å². The number of hydrogen-bond donors (Lipinski definition) is 0. The molecule has 1 aliphatic heterocycles. The molecule has 3 aromatic heterocycles. The molecule has 0 aliphatic carbocycles. The molecule has 1 amide bonds. The van der Waals surface area contributed by atoms with Gasteiger partial charge in [0.1, 0.15) is 18.0 Å². The average Bonchev–Trinajstić information content (AvgIpc) is 3.37. The average molecular weight is 385 g/mol. The van der Waals surface area contributed by atoms with Crippen LogP contribution in [0.3, 0.4) is 0 Å². The molecule has 0 unspecified atom stereocenters. The van der Waals surface area contributed by atoms with Crippen LogP contribution in [-0.2, 0) is 17.9 Å². The maximum atomic E-state index is 12.7. The van der Waals surface area contributed by atoms with Gasteiger partial charge in [-0.25, -0.2) is 0 Å². The molecule has 3 aromatic rings. The van der Waals surface area contributed by atoms with Gasteiger partial charge in [0.25, 0.3) is 0 Å². The molecule has 0 bridgehead atoms. The summed E-state index contributed by atoms with van der Waals surface area (Å²) in [5, 5.41) is 10.6. The first-order valence-corrected chi connectivity index (χ1v) is 10.0. The van der Waals surface area contributed by atoms with Crippen LogP contribution in [0.4, 0.5) is 0 Å². The molecule has 1 fully saturated rings. The highest BCUT2D eigenvalue weighted by Gasteiger charge is 2.20. The molecule has 27 heavy (non-hydrogen) atoms. The molecule has 0 saturated carbocycles. The van der Waals surface area contributed by atoms with Gasteiger partial charge in [-0.3, -0.25) is 14.4 Å². The van der Waals surface area contributed by atoms with Gasteiger partial charge in [-0.15, -0.1) is 11.3 Å². The predicted molar refractivity (Wildman–Crippen MR) is 103 cm³/mol. The third-order valence-corrected chi connectivity index (χ3v) is 5.61. The maximum absolute atomic E-state index is 12.7. The number of amides is 1. The van der Waals surface area contributed by atoms with Gasteiger partial charge in [-0.1, -0.05) is 11.2 Å². The van der Waals surface area contributed by atoms with Crippen molar-refractivity contribution in [2.75, 3.05) is 26.2 Å². The Balaban J connectivity index is 1.31. The zero-order chi connectivity index (χ0) is 18.6. The van der Waals surface area contributed by atoms with Crippen LogP contribution in [0.15, 0.2) is 40.4 Å². The van der Waals surface area contributed by atoms with Crippen molar-refractivity contribution in [2.45, 2.75) is 26.4 Å². The van der Waals surface area contributed by atoms with Crippen LogP contribution in [0.2, 0.25) is 0 Å². The summed E-state index contributed by atoms with van der Waals surface area (Å²) in [6.07, 6.45) is 2.84. The zero-order valence-electron chi connectivity index (χ0n) is 15.4. The van der Waals surface area contributed by atoms with Gasteiger partial charge in [-0.05, 0) is 30.9 Å². The lowest BCUT2D eigenvalue weighted by molar-refractivity contribution is -0.131. The highest BCUT2D eigenvalue weighted by Crippen LogP contribution is 2.22. The van der Waals surface area contributed by atoms with Crippen LogP contribution in [0.5, 0.6) is 0 Å². The van der Waals surface area contributed by atoms with E-state index in [2.05, 4.69) is 15.2 Å². The third-order valence-electron chi connectivity index (χ3n) is 4.72. The molecule has 8 heteroatoms. The standard InChI is InChI=1S/C19H23N5O2S/c1-15-12-16(21-26-15)13-22-6-3-7-23(10-9-22)19(25)14-24-8-5-17(20-24)18-4-2-11-27-18/h2,4-5,8,11-12H,3,6-7,9-10,13-14H2,1H3. The molecule has 0 aromatic carbocycles. The molecular formula is C19H23N5O2S. The van der Waals surface area contributed by atoms with E-state index in [0.717, 1.165) is 61.2 Å². The summed E-state index contributed by atoms with van der Waals surface area (Å²) in [5.41, 5.74) is 1.87. The molecule has 4 rings (SSSR count). The molecule has 0 spiro atoms. The summed E-state index contributed by atoms with van der Waals surface area (Å²) in [6.45, 7) is 6.27. The first-order valence-electron chi connectivity index (χ1n) is 9.17. The Morgan fingerprint density at radius 2 is 2.19 bits per heavy atom. The van der Waals surface area contributed by atoms with Crippen LogP contribution < -0.4 is 0 Å². The number of aryl methyl sites for hydroxylation is 1. The predicted octanol–water partition coefficient (Wildman–Crippen LogP) is 2.64. The summed E-state index contributed by atoms with van der Waals surface area (Å²) in [5.74, 6) is 0.952. The fourth-order valence-corrected chi connectivity index (χ4v) is 4.03. The Hall–Kier alpha value is -2.45. The normalized spacial score (nSPS) is 15.8. The van der Waals surface area contributed by atoms with E-state index in [1.165, 1.54) is 0 Å². The molecule has 1 saturated heterocycles.